The zero-order valence-electron chi connectivity index (χ0n) is 17.3. The molecular weight excluding hydrogens is 472 g/mol. The van der Waals surface area contributed by atoms with E-state index in [0.29, 0.717) is 13.2 Å². The number of hydrogen-bond acceptors (Lipinski definition) is 3. The van der Waals surface area contributed by atoms with Gasteiger partial charge in [-0.15, -0.1) is 0 Å². The fourth-order valence-corrected chi connectivity index (χ4v) is 3.36. The minimum atomic E-state index is -0.193. The third-order valence-electron chi connectivity index (χ3n) is 3.99. The number of rotatable bonds is 20. The van der Waals surface area contributed by atoms with Crippen LogP contribution in [0.5, 0.6) is 0 Å². The highest BCUT2D eigenvalue weighted by Crippen LogP contribution is 2.14. The van der Waals surface area contributed by atoms with Crippen molar-refractivity contribution in [2.45, 2.75) is 90.6 Å². The van der Waals surface area contributed by atoms with Crippen LogP contribution >= 0.6 is 31.9 Å². The fraction of sp³-hybridized carbons (Fsp3) is 0.818. The normalized spacial score (nSPS) is 14.4. The van der Waals surface area contributed by atoms with Gasteiger partial charge in [0.1, 0.15) is 0 Å². The summed E-state index contributed by atoms with van der Waals surface area (Å²) in [5.74, 6) is 0. The Hall–Kier alpha value is 0.320. The molecule has 0 amide bonds. The predicted octanol–water partition coefficient (Wildman–Crippen LogP) is 7.53. The van der Waals surface area contributed by atoms with Crippen molar-refractivity contribution >= 4 is 31.9 Å². The van der Waals surface area contributed by atoms with E-state index in [4.69, 9.17) is 14.2 Å². The van der Waals surface area contributed by atoms with E-state index in [-0.39, 0.29) is 12.6 Å². The van der Waals surface area contributed by atoms with Crippen molar-refractivity contribution in [2.24, 2.45) is 0 Å². The Morgan fingerprint density at radius 1 is 0.630 bits per heavy atom. The Bertz CT molecular complexity index is 316. The number of ether oxygens (including phenoxy) is 3. The van der Waals surface area contributed by atoms with Gasteiger partial charge in [0.2, 0.25) is 0 Å². The Morgan fingerprint density at radius 2 is 1.04 bits per heavy atom. The Morgan fingerprint density at radius 3 is 1.41 bits per heavy atom. The number of allylic oxidation sites excluding steroid dienone is 4. The summed E-state index contributed by atoms with van der Waals surface area (Å²) >= 11 is 6.93. The number of halogens is 2. The molecule has 0 aliphatic carbocycles. The van der Waals surface area contributed by atoms with Gasteiger partial charge in [-0.05, 0) is 65.2 Å². The van der Waals surface area contributed by atoms with Crippen LogP contribution in [0.1, 0.15) is 78.1 Å². The highest BCUT2D eigenvalue weighted by atomic mass is 79.9. The van der Waals surface area contributed by atoms with E-state index in [1.54, 1.807) is 0 Å². The van der Waals surface area contributed by atoms with Gasteiger partial charge in [-0.3, -0.25) is 0 Å². The van der Waals surface area contributed by atoms with Gasteiger partial charge in [-0.2, -0.15) is 0 Å². The molecule has 5 heteroatoms. The van der Waals surface area contributed by atoms with Gasteiger partial charge in [0, 0.05) is 36.7 Å². The molecule has 27 heavy (non-hydrogen) atoms. The SMILES string of the molecule is CCOC(CCC=CCCCCBr)OC(CCC=CCCCCBr)OCC. The molecule has 0 rings (SSSR count). The molecule has 0 saturated carbocycles. The second-order valence-corrected chi connectivity index (χ2v) is 7.96. The maximum Gasteiger partial charge on any atom is 0.161 e. The molecule has 0 N–H and O–H groups in total. The molecule has 3 nitrogen and oxygen atoms in total. The topological polar surface area (TPSA) is 27.7 Å². The molecule has 0 aliphatic rings. The highest BCUT2D eigenvalue weighted by molar-refractivity contribution is 9.09. The van der Waals surface area contributed by atoms with E-state index in [1.807, 2.05) is 13.8 Å². The lowest BCUT2D eigenvalue weighted by Gasteiger charge is -2.24. The summed E-state index contributed by atoms with van der Waals surface area (Å²) in [5.41, 5.74) is 0. The van der Waals surface area contributed by atoms with Gasteiger partial charge in [-0.25, -0.2) is 0 Å². The molecule has 0 heterocycles. The van der Waals surface area contributed by atoms with E-state index in [9.17, 15) is 0 Å². The van der Waals surface area contributed by atoms with Gasteiger partial charge in [0.05, 0.1) is 0 Å². The van der Waals surface area contributed by atoms with Gasteiger partial charge in [0.25, 0.3) is 0 Å². The summed E-state index contributed by atoms with van der Waals surface area (Å²) in [4.78, 5) is 0. The van der Waals surface area contributed by atoms with Crippen LogP contribution in [-0.2, 0) is 14.2 Å². The standard InChI is InChI=1S/C22H40Br2O3/c1-3-25-21(17-13-9-5-7-11-15-19-23)27-22(26-4-2)18-14-10-6-8-12-16-20-24/h5-6,9-10,21-22H,3-4,7-8,11-20H2,1-2H3. The van der Waals surface area contributed by atoms with E-state index in [1.165, 1.54) is 25.7 Å². The number of hydrogen-bond donors (Lipinski definition) is 0. The van der Waals surface area contributed by atoms with E-state index < -0.39 is 0 Å². The van der Waals surface area contributed by atoms with Gasteiger partial charge in [0.15, 0.2) is 12.6 Å². The third-order valence-corrected chi connectivity index (χ3v) is 5.11. The van der Waals surface area contributed by atoms with Crippen LogP contribution in [0.2, 0.25) is 0 Å². The Kier molecular flexibility index (Phi) is 22.9. The summed E-state index contributed by atoms with van der Waals surface area (Å²) in [5, 5.41) is 2.18. The van der Waals surface area contributed by atoms with Gasteiger partial charge < -0.3 is 14.2 Å². The summed E-state index contributed by atoms with van der Waals surface area (Å²) in [7, 11) is 0. The minimum absolute atomic E-state index is 0.193. The molecule has 0 fully saturated rings. The maximum atomic E-state index is 6.10. The third kappa shape index (κ3) is 19.4. The largest absolute Gasteiger partial charge is 0.353 e. The molecule has 2 atom stereocenters. The molecule has 0 saturated heterocycles. The van der Waals surface area contributed by atoms with Crippen LogP contribution in [0.4, 0.5) is 0 Å². The van der Waals surface area contributed by atoms with Crippen LogP contribution in [0.3, 0.4) is 0 Å². The first-order valence-corrected chi connectivity index (χ1v) is 12.8. The van der Waals surface area contributed by atoms with Gasteiger partial charge in [-0.1, -0.05) is 56.2 Å². The second-order valence-electron chi connectivity index (χ2n) is 6.37. The molecule has 160 valence electrons. The quantitative estimate of drug-likeness (QED) is 0.0731. The summed E-state index contributed by atoms with van der Waals surface area (Å²) in [6.45, 7) is 5.34. The molecular formula is C22H40Br2O3. The van der Waals surface area contributed by atoms with Crippen LogP contribution < -0.4 is 0 Å². The molecule has 2 unspecified atom stereocenters. The second kappa shape index (κ2) is 22.6. The fourth-order valence-electron chi connectivity index (χ4n) is 2.57. The average molecular weight is 512 g/mol. The molecule has 0 radical (unpaired) electrons. The van der Waals surface area contributed by atoms with Crippen LogP contribution in [0, 0.1) is 0 Å². The lowest BCUT2D eigenvalue weighted by atomic mass is 10.2. The first-order chi connectivity index (χ1) is 13.3. The zero-order valence-corrected chi connectivity index (χ0v) is 20.5. The first kappa shape index (κ1) is 27.3. The summed E-state index contributed by atoms with van der Waals surface area (Å²) < 4.78 is 17.6. The van der Waals surface area contributed by atoms with Gasteiger partial charge >= 0.3 is 0 Å². The maximum absolute atomic E-state index is 6.10. The Balaban J connectivity index is 4.15. The van der Waals surface area contributed by atoms with Crippen molar-refractivity contribution in [3.05, 3.63) is 24.3 Å². The molecule has 0 bridgehead atoms. The number of alkyl halides is 2. The predicted molar refractivity (Wildman–Crippen MR) is 124 cm³/mol. The molecule has 0 aliphatic heterocycles. The minimum Gasteiger partial charge on any atom is -0.353 e. The van der Waals surface area contributed by atoms with Crippen molar-refractivity contribution in [3.63, 3.8) is 0 Å². The smallest absolute Gasteiger partial charge is 0.161 e. The van der Waals surface area contributed by atoms with Crippen LogP contribution in [0.25, 0.3) is 0 Å². The van der Waals surface area contributed by atoms with Crippen molar-refractivity contribution in [3.8, 4) is 0 Å². The molecule has 0 aromatic heterocycles. The lowest BCUT2D eigenvalue weighted by molar-refractivity contribution is -0.246. The number of unbranched alkanes of at least 4 members (excludes halogenated alkanes) is 4. The molecule has 0 aromatic rings. The molecule has 0 spiro atoms. The van der Waals surface area contributed by atoms with Crippen molar-refractivity contribution in [2.75, 3.05) is 23.9 Å². The zero-order chi connectivity index (χ0) is 20.0. The summed E-state index contributed by atoms with van der Waals surface area (Å²) in [6, 6.07) is 0. The van der Waals surface area contributed by atoms with E-state index in [2.05, 4.69) is 56.2 Å². The van der Waals surface area contributed by atoms with Crippen molar-refractivity contribution in [1.82, 2.24) is 0 Å². The highest BCUT2D eigenvalue weighted by Gasteiger charge is 2.16. The average Bonchev–Trinajstić information content (AvgIpc) is 2.66. The van der Waals surface area contributed by atoms with E-state index in [0.717, 1.165) is 49.2 Å². The summed E-state index contributed by atoms with van der Waals surface area (Å²) in [6.07, 6.45) is 19.6. The lowest BCUT2D eigenvalue weighted by Crippen LogP contribution is -2.27. The van der Waals surface area contributed by atoms with Crippen LogP contribution in [0.15, 0.2) is 24.3 Å². The van der Waals surface area contributed by atoms with Crippen molar-refractivity contribution < 1.29 is 14.2 Å². The first-order valence-electron chi connectivity index (χ1n) is 10.6. The Labute approximate surface area is 184 Å². The monoisotopic (exact) mass is 510 g/mol. The van der Waals surface area contributed by atoms with Crippen LogP contribution in [-0.4, -0.2) is 36.5 Å². The van der Waals surface area contributed by atoms with Crippen molar-refractivity contribution in [1.29, 1.82) is 0 Å². The van der Waals surface area contributed by atoms with E-state index >= 15 is 0 Å². The molecule has 0 aromatic carbocycles.